The van der Waals surface area contributed by atoms with Gasteiger partial charge >= 0.3 is 5.92 Å². The van der Waals surface area contributed by atoms with Crippen molar-refractivity contribution in [3.63, 3.8) is 0 Å². The summed E-state index contributed by atoms with van der Waals surface area (Å²) in [6, 6.07) is 15.9. The molecule has 0 amide bonds. The summed E-state index contributed by atoms with van der Waals surface area (Å²) in [4.78, 5) is 4.20. The predicted molar refractivity (Wildman–Crippen MR) is 122 cm³/mol. The van der Waals surface area contributed by atoms with Crippen LogP contribution in [0.4, 0.5) is 8.78 Å². The number of unbranched alkanes of at least 4 members (excludes halogenated alkanes) is 2. The number of tetrazole rings is 1. The zero-order valence-corrected chi connectivity index (χ0v) is 18.8. The van der Waals surface area contributed by atoms with Crippen LogP contribution in [-0.4, -0.2) is 35.4 Å². The number of rotatable bonds is 10. The van der Waals surface area contributed by atoms with Crippen LogP contribution in [-0.2, 0) is 18.9 Å². The average molecular weight is 452 g/mol. The number of nitrogens with one attached hydrogen (secondary N) is 1. The standard InChI is InChI=1S/C24H27F2N7/c1-3-5-6-10-21-27-23(24(25,26)4-2)30-33(21)16-17-11-13-18(14-12-17)19-8-7-9-20(15-19)22-28-31-32-29-22/h7-9,11-15H,3-6,10,16H2,1-2H3,(H,28,29,31,32). The van der Waals surface area contributed by atoms with Crippen LogP contribution in [0.1, 0.15) is 56.7 Å². The van der Waals surface area contributed by atoms with Crippen molar-refractivity contribution < 1.29 is 8.78 Å². The van der Waals surface area contributed by atoms with Gasteiger partial charge in [-0.15, -0.1) is 15.3 Å². The van der Waals surface area contributed by atoms with Crippen molar-refractivity contribution in [1.29, 1.82) is 0 Å². The molecule has 0 aliphatic carbocycles. The summed E-state index contributed by atoms with van der Waals surface area (Å²) in [5, 5.41) is 18.3. The Kier molecular flexibility index (Phi) is 6.86. The maximum Gasteiger partial charge on any atom is 0.308 e. The van der Waals surface area contributed by atoms with E-state index in [-0.39, 0.29) is 12.2 Å². The van der Waals surface area contributed by atoms with Crippen LogP contribution >= 0.6 is 0 Å². The number of halogens is 2. The van der Waals surface area contributed by atoms with Crippen molar-refractivity contribution in [3.8, 4) is 22.5 Å². The third kappa shape index (κ3) is 5.30. The van der Waals surface area contributed by atoms with Crippen molar-refractivity contribution in [3.05, 3.63) is 65.7 Å². The van der Waals surface area contributed by atoms with Crippen molar-refractivity contribution in [2.24, 2.45) is 0 Å². The van der Waals surface area contributed by atoms with Crippen LogP contribution in [0.15, 0.2) is 48.5 Å². The van der Waals surface area contributed by atoms with E-state index in [0.29, 0.717) is 24.6 Å². The molecule has 0 aliphatic heterocycles. The summed E-state index contributed by atoms with van der Waals surface area (Å²) in [5.41, 5.74) is 3.90. The van der Waals surface area contributed by atoms with Gasteiger partial charge in [-0.1, -0.05) is 69.2 Å². The van der Waals surface area contributed by atoms with E-state index in [0.717, 1.165) is 41.5 Å². The largest absolute Gasteiger partial charge is 0.308 e. The Morgan fingerprint density at radius 3 is 2.45 bits per heavy atom. The van der Waals surface area contributed by atoms with Gasteiger partial charge in [0.25, 0.3) is 0 Å². The second-order valence-electron chi connectivity index (χ2n) is 8.04. The molecule has 0 spiro atoms. The Bertz CT molecular complexity index is 1170. The molecule has 9 heteroatoms. The molecule has 2 heterocycles. The van der Waals surface area contributed by atoms with Crippen LogP contribution in [0.2, 0.25) is 0 Å². The zero-order chi connectivity index (χ0) is 23.3. The molecule has 7 nitrogen and oxygen atoms in total. The fraction of sp³-hybridized carbons (Fsp3) is 0.375. The van der Waals surface area contributed by atoms with E-state index in [2.05, 4.69) is 37.6 Å². The third-order valence-corrected chi connectivity index (χ3v) is 5.61. The smallest absolute Gasteiger partial charge is 0.245 e. The first-order chi connectivity index (χ1) is 16.0. The maximum absolute atomic E-state index is 14.2. The first-order valence-corrected chi connectivity index (χ1v) is 11.3. The number of nitrogens with zero attached hydrogens (tertiary/aromatic N) is 6. The van der Waals surface area contributed by atoms with Gasteiger partial charge in [-0.05, 0) is 34.4 Å². The second kappa shape index (κ2) is 9.97. The molecule has 0 aliphatic rings. The molecule has 0 atom stereocenters. The van der Waals surface area contributed by atoms with Gasteiger partial charge in [-0.25, -0.2) is 9.67 Å². The SMILES string of the molecule is CCCCCc1nc(C(F)(F)CC)nn1Cc1ccc(-c2cccc(-c3nn[nH]n3)c2)cc1. The van der Waals surface area contributed by atoms with Gasteiger partial charge in [-0.3, -0.25) is 0 Å². The predicted octanol–water partition coefficient (Wildman–Crippen LogP) is 5.41. The lowest BCUT2D eigenvalue weighted by Crippen LogP contribution is -2.14. The van der Waals surface area contributed by atoms with Gasteiger partial charge in [0.1, 0.15) is 5.82 Å². The topological polar surface area (TPSA) is 85.2 Å². The van der Waals surface area contributed by atoms with Crippen LogP contribution in [0.5, 0.6) is 0 Å². The van der Waals surface area contributed by atoms with E-state index in [1.807, 2.05) is 48.5 Å². The van der Waals surface area contributed by atoms with Gasteiger partial charge in [0, 0.05) is 18.4 Å². The van der Waals surface area contributed by atoms with Gasteiger partial charge in [0.05, 0.1) is 6.54 Å². The molecule has 33 heavy (non-hydrogen) atoms. The van der Waals surface area contributed by atoms with Gasteiger partial charge in [0.2, 0.25) is 11.6 Å². The number of H-pyrrole nitrogens is 1. The molecule has 4 aromatic rings. The highest BCUT2D eigenvalue weighted by molar-refractivity contribution is 5.70. The quantitative estimate of drug-likeness (QED) is 0.326. The minimum atomic E-state index is -3.02. The maximum atomic E-state index is 14.2. The van der Waals surface area contributed by atoms with E-state index < -0.39 is 5.92 Å². The monoisotopic (exact) mass is 451 g/mol. The van der Waals surface area contributed by atoms with Gasteiger partial charge in [0.15, 0.2) is 0 Å². The summed E-state index contributed by atoms with van der Waals surface area (Å²) < 4.78 is 30.1. The molecule has 0 unspecified atom stereocenters. The summed E-state index contributed by atoms with van der Waals surface area (Å²) in [7, 11) is 0. The molecule has 0 fully saturated rings. The summed E-state index contributed by atoms with van der Waals surface area (Å²) in [6.07, 6.45) is 3.32. The number of hydrogen-bond acceptors (Lipinski definition) is 5. The van der Waals surface area contributed by atoms with Crippen molar-refractivity contribution in [2.75, 3.05) is 0 Å². The average Bonchev–Trinajstić information content (AvgIpc) is 3.51. The highest BCUT2D eigenvalue weighted by Gasteiger charge is 2.35. The van der Waals surface area contributed by atoms with E-state index >= 15 is 0 Å². The molecule has 0 bridgehead atoms. The minimum Gasteiger partial charge on any atom is -0.245 e. The fourth-order valence-electron chi connectivity index (χ4n) is 3.63. The number of benzene rings is 2. The number of hydrogen-bond donors (Lipinski definition) is 1. The lowest BCUT2D eigenvalue weighted by molar-refractivity contribution is -0.0177. The molecule has 2 aromatic heterocycles. The Hall–Kier alpha value is -3.49. The molecule has 2 aromatic carbocycles. The van der Waals surface area contributed by atoms with Crippen molar-refractivity contribution >= 4 is 0 Å². The Morgan fingerprint density at radius 2 is 1.76 bits per heavy atom. The van der Waals surface area contributed by atoms with E-state index in [1.165, 1.54) is 6.92 Å². The molecule has 1 N–H and O–H groups in total. The lowest BCUT2D eigenvalue weighted by atomic mass is 10.0. The van der Waals surface area contributed by atoms with Gasteiger partial charge < -0.3 is 0 Å². The van der Waals surface area contributed by atoms with E-state index in [4.69, 9.17) is 0 Å². The minimum absolute atomic E-state index is 0.316. The van der Waals surface area contributed by atoms with Crippen molar-refractivity contribution in [2.45, 2.75) is 58.4 Å². The van der Waals surface area contributed by atoms with Gasteiger partial charge in [-0.2, -0.15) is 14.0 Å². The zero-order valence-electron chi connectivity index (χ0n) is 18.8. The van der Waals surface area contributed by atoms with E-state index in [9.17, 15) is 8.78 Å². The molecule has 4 rings (SSSR count). The Balaban J connectivity index is 1.55. The Labute approximate surface area is 191 Å². The Morgan fingerprint density at radius 1 is 0.970 bits per heavy atom. The molecule has 0 saturated carbocycles. The number of aromatic amines is 1. The number of alkyl halides is 2. The fourth-order valence-corrected chi connectivity index (χ4v) is 3.63. The molecule has 0 radical (unpaired) electrons. The first-order valence-electron chi connectivity index (χ1n) is 11.3. The normalized spacial score (nSPS) is 11.8. The lowest BCUT2D eigenvalue weighted by Gasteiger charge is -2.09. The van der Waals surface area contributed by atoms with E-state index in [1.54, 1.807) is 4.68 Å². The third-order valence-electron chi connectivity index (χ3n) is 5.61. The number of aryl methyl sites for hydroxylation is 1. The number of aromatic nitrogens is 7. The summed E-state index contributed by atoms with van der Waals surface area (Å²) in [6.45, 7) is 3.96. The summed E-state index contributed by atoms with van der Waals surface area (Å²) in [5.74, 6) is -2.25. The highest BCUT2D eigenvalue weighted by Crippen LogP contribution is 2.29. The summed E-state index contributed by atoms with van der Waals surface area (Å²) >= 11 is 0. The van der Waals surface area contributed by atoms with Crippen LogP contribution in [0.3, 0.4) is 0 Å². The first kappa shape index (κ1) is 22.7. The molecule has 0 saturated heterocycles. The molecule has 172 valence electrons. The van der Waals surface area contributed by atoms with Crippen LogP contribution in [0, 0.1) is 0 Å². The highest BCUT2D eigenvalue weighted by atomic mass is 19.3. The molecular weight excluding hydrogens is 424 g/mol. The van der Waals surface area contributed by atoms with Crippen LogP contribution in [0.25, 0.3) is 22.5 Å². The molecular formula is C24H27F2N7. The van der Waals surface area contributed by atoms with Crippen molar-refractivity contribution in [1.82, 2.24) is 35.4 Å². The van der Waals surface area contributed by atoms with Crippen LogP contribution < -0.4 is 0 Å². The second-order valence-corrected chi connectivity index (χ2v) is 8.04.